The summed E-state index contributed by atoms with van der Waals surface area (Å²) < 4.78 is 4.97. The van der Waals surface area contributed by atoms with E-state index in [4.69, 9.17) is 4.74 Å². The van der Waals surface area contributed by atoms with Gasteiger partial charge in [-0.05, 0) is 13.3 Å². The fraction of sp³-hybridized carbons (Fsp3) is 0.533. The lowest BCUT2D eigenvalue weighted by molar-refractivity contribution is -0.147. The molecule has 2 rings (SSSR count). The number of ether oxygens (including phenoxy) is 1. The maximum Gasteiger partial charge on any atom is 0.313 e. The van der Waals surface area contributed by atoms with Crippen LogP contribution < -0.4 is 0 Å². The minimum Gasteiger partial charge on any atom is -0.466 e. The molecule has 0 heterocycles. The van der Waals surface area contributed by atoms with Gasteiger partial charge >= 0.3 is 5.97 Å². The zero-order valence-corrected chi connectivity index (χ0v) is 11.5. The molecule has 1 unspecified atom stereocenters. The number of allylic oxidation sites excluding steroid dienone is 1. The molecule has 0 saturated carbocycles. The van der Waals surface area contributed by atoms with E-state index in [-0.39, 0.29) is 25.4 Å². The van der Waals surface area contributed by atoms with E-state index in [1.807, 2.05) is 24.3 Å². The fourth-order valence-corrected chi connectivity index (χ4v) is 3.02. The molecule has 2 aliphatic carbocycles. The summed E-state index contributed by atoms with van der Waals surface area (Å²) in [6.45, 7) is 1.97. The standard InChI is InChI=1S/C15H12N4O2/c1-2-21-13(20)11-3-10-4-14(6-16,7-17)15(8-18,9-19)5-12(10)11/h11H,2-5H2,1H3. The molecule has 104 valence electrons. The van der Waals surface area contributed by atoms with E-state index < -0.39 is 16.7 Å². The van der Waals surface area contributed by atoms with Gasteiger partial charge in [0.05, 0.1) is 36.8 Å². The summed E-state index contributed by atoms with van der Waals surface area (Å²) in [4.78, 5) is 11.8. The molecule has 0 spiro atoms. The van der Waals surface area contributed by atoms with Gasteiger partial charge in [0, 0.05) is 12.8 Å². The number of esters is 1. The molecule has 21 heavy (non-hydrogen) atoms. The smallest absolute Gasteiger partial charge is 0.313 e. The van der Waals surface area contributed by atoms with Crippen LogP contribution in [0.4, 0.5) is 0 Å². The second-order valence-corrected chi connectivity index (χ2v) is 5.25. The minimum absolute atomic E-state index is 0.0417. The minimum atomic E-state index is -1.74. The molecule has 0 aromatic carbocycles. The molecule has 6 nitrogen and oxygen atoms in total. The van der Waals surface area contributed by atoms with Crippen molar-refractivity contribution in [2.75, 3.05) is 6.61 Å². The lowest BCUT2D eigenvalue weighted by Gasteiger charge is -2.45. The van der Waals surface area contributed by atoms with Crippen molar-refractivity contribution in [3.8, 4) is 24.3 Å². The summed E-state index contributed by atoms with van der Waals surface area (Å²) in [6, 6.07) is 7.40. The molecule has 0 radical (unpaired) electrons. The van der Waals surface area contributed by atoms with Crippen LogP contribution in [0.15, 0.2) is 11.1 Å². The number of carbonyl (C=O) groups excluding carboxylic acids is 1. The van der Waals surface area contributed by atoms with E-state index in [9.17, 15) is 25.8 Å². The first kappa shape index (κ1) is 14.6. The number of nitriles is 4. The van der Waals surface area contributed by atoms with Gasteiger partial charge in [0.15, 0.2) is 10.8 Å². The molecule has 0 bridgehead atoms. The van der Waals surface area contributed by atoms with Crippen LogP contribution in [0.2, 0.25) is 0 Å². The molecule has 0 amide bonds. The predicted molar refractivity (Wildman–Crippen MR) is 68.3 cm³/mol. The van der Waals surface area contributed by atoms with Crippen LogP contribution in [0, 0.1) is 62.1 Å². The van der Waals surface area contributed by atoms with Crippen molar-refractivity contribution in [3.63, 3.8) is 0 Å². The van der Waals surface area contributed by atoms with Gasteiger partial charge in [-0.15, -0.1) is 0 Å². The molecular formula is C15H12N4O2. The van der Waals surface area contributed by atoms with Gasteiger partial charge in [-0.1, -0.05) is 11.1 Å². The Morgan fingerprint density at radius 2 is 1.67 bits per heavy atom. The Labute approximate surface area is 122 Å². The fourth-order valence-electron chi connectivity index (χ4n) is 3.02. The molecule has 0 aliphatic heterocycles. The summed E-state index contributed by atoms with van der Waals surface area (Å²) in [7, 11) is 0. The van der Waals surface area contributed by atoms with Crippen molar-refractivity contribution in [2.24, 2.45) is 16.7 Å². The van der Waals surface area contributed by atoms with Gasteiger partial charge in [0.2, 0.25) is 0 Å². The average Bonchev–Trinajstić information content (AvgIpc) is 2.49. The lowest BCUT2D eigenvalue weighted by Crippen LogP contribution is -2.47. The van der Waals surface area contributed by atoms with Crippen LogP contribution >= 0.6 is 0 Å². The summed E-state index contributed by atoms with van der Waals surface area (Å²) in [6.07, 6.45) is 0.443. The van der Waals surface area contributed by atoms with E-state index in [0.29, 0.717) is 12.0 Å². The maximum atomic E-state index is 11.8. The molecule has 0 aromatic heterocycles. The van der Waals surface area contributed by atoms with E-state index in [0.717, 1.165) is 5.57 Å². The molecular weight excluding hydrogens is 268 g/mol. The lowest BCUT2D eigenvalue weighted by atomic mass is 9.52. The number of hydrogen-bond acceptors (Lipinski definition) is 6. The quantitative estimate of drug-likeness (QED) is 0.560. The normalized spacial score (nSPS) is 24.1. The number of hydrogen-bond donors (Lipinski definition) is 0. The zero-order chi connectivity index (χ0) is 15.7. The molecule has 0 N–H and O–H groups in total. The van der Waals surface area contributed by atoms with Crippen LogP contribution in [-0.2, 0) is 9.53 Å². The van der Waals surface area contributed by atoms with Crippen molar-refractivity contribution in [3.05, 3.63) is 11.1 Å². The second kappa shape index (κ2) is 4.93. The van der Waals surface area contributed by atoms with Crippen LogP contribution in [0.1, 0.15) is 26.2 Å². The van der Waals surface area contributed by atoms with E-state index in [2.05, 4.69) is 0 Å². The first-order valence-electron chi connectivity index (χ1n) is 6.55. The van der Waals surface area contributed by atoms with E-state index >= 15 is 0 Å². The van der Waals surface area contributed by atoms with Gasteiger partial charge < -0.3 is 4.74 Å². The van der Waals surface area contributed by atoms with E-state index in [1.54, 1.807) is 6.92 Å². The molecule has 0 saturated heterocycles. The number of rotatable bonds is 2. The molecule has 6 heteroatoms. The summed E-state index contributed by atoms with van der Waals surface area (Å²) in [5, 5.41) is 37.4. The van der Waals surface area contributed by atoms with Crippen molar-refractivity contribution in [1.29, 1.82) is 21.0 Å². The third kappa shape index (κ3) is 1.78. The molecule has 0 fully saturated rings. The Balaban J connectivity index is 2.43. The highest BCUT2D eigenvalue weighted by Gasteiger charge is 2.61. The van der Waals surface area contributed by atoms with Gasteiger partial charge in [0.25, 0.3) is 0 Å². The van der Waals surface area contributed by atoms with Gasteiger partial charge in [-0.3, -0.25) is 4.79 Å². The summed E-state index contributed by atoms with van der Waals surface area (Å²) >= 11 is 0. The predicted octanol–water partition coefficient (Wildman–Crippen LogP) is 1.73. The number of nitrogens with zero attached hydrogens (tertiary/aromatic N) is 4. The van der Waals surface area contributed by atoms with Crippen LogP contribution in [0.5, 0.6) is 0 Å². The highest BCUT2D eigenvalue weighted by Crippen LogP contribution is 2.58. The van der Waals surface area contributed by atoms with Crippen LogP contribution in [0.25, 0.3) is 0 Å². The Morgan fingerprint density at radius 1 is 1.14 bits per heavy atom. The van der Waals surface area contributed by atoms with Crippen LogP contribution in [-0.4, -0.2) is 12.6 Å². The second-order valence-electron chi connectivity index (χ2n) is 5.25. The monoisotopic (exact) mass is 280 g/mol. The largest absolute Gasteiger partial charge is 0.466 e. The number of carbonyl (C=O) groups is 1. The Kier molecular flexibility index (Phi) is 3.42. The summed E-state index contributed by atoms with van der Waals surface area (Å²) in [5.41, 5.74) is -1.88. The Hall–Kier alpha value is -2.83. The molecule has 0 aromatic rings. The molecule has 2 aliphatic rings. The first-order valence-corrected chi connectivity index (χ1v) is 6.55. The SMILES string of the molecule is CCOC(=O)C1CC2=C1CC(C#N)(C#N)C(C#N)(C#N)C2. The first-order chi connectivity index (χ1) is 10.0. The maximum absolute atomic E-state index is 11.8. The third-order valence-corrected chi connectivity index (χ3v) is 4.32. The topological polar surface area (TPSA) is 121 Å². The van der Waals surface area contributed by atoms with Crippen molar-refractivity contribution in [1.82, 2.24) is 0 Å². The van der Waals surface area contributed by atoms with Crippen molar-refractivity contribution < 1.29 is 9.53 Å². The Morgan fingerprint density at radius 3 is 2.14 bits per heavy atom. The highest BCUT2D eigenvalue weighted by molar-refractivity contribution is 5.79. The van der Waals surface area contributed by atoms with Gasteiger partial charge in [0.1, 0.15) is 0 Å². The van der Waals surface area contributed by atoms with Crippen molar-refractivity contribution in [2.45, 2.75) is 26.2 Å². The Bertz CT molecular complexity index is 665. The highest BCUT2D eigenvalue weighted by atomic mass is 16.5. The van der Waals surface area contributed by atoms with E-state index in [1.165, 1.54) is 0 Å². The van der Waals surface area contributed by atoms with Gasteiger partial charge in [-0.2, -0.15) is 21.0 Å². The summed E-state index contributed by atoms with van der Waals surface area (Å²) in [5.74, 6) is -0.821. The molecule has 1 atom stereocenters. The zero-order valence-electron chi connectivity index (χ0n) is 11.5. The van der Waals surface area contributed by atoms with Gasteiger partial charge in [-0.25, -0.2) is 0 Å². The van der Waals surface area contributed by atoms with Crippen molar-refractivity contribution >= 4 is 5.97 Å². The third-order valence-electron chi connectivity index (χ3n) is 4.32. The average molecular weight is 280 g/mol. The van der Waals surface area contributed by atoms with Crippen LogP contribution in [0.3, 0.4) is 0 Å².